The topological polar surface area (TPSA) is 81.6 Å². The summed E-state index contributed by atoms with van der Waals surface area (Å²) >= 11 is 0. The zero-order chi connectivity index (χ0) is 21.9. The third kappa shape index (κ3) is 5.07. The summed E-state index contributed by atoms with van der Waals surface area (Å²) in [5, 5.41) is 7.48. The van der Waals surface area contributed by atoms with Gasteiger partial charge in [-0.05, 0) is 65.8 Å². The van der Waals surface area contributed by atoms with Crippen LogP contribution in [0.1, 0.15) is 71.6 Å². The van der Waals surface area contributed by atoms with Crippen molar-refractivity contribution in [2.45, 2.75) is 95.7 Å². The van der Waals surface area contributed by atoms with E-state index in [9.17, 15) is 4.79 Å². The number of oxime groups is 1. The van der Waals surface area contributed by atoms with Crippen molar-refractivity contribution in [1.82, 2.24) is 10.2 Å². The first kappa shape index (κ1) is 23.0. The predicted molar refractivity (Wildman–Crippen MR) is 117 cm³/mol. The minimum atomic E-state index is -0.635. The van der Waals surface area contributed by atoms with Gasteiger partial charge in [-0.1, -0.05) is 11.6 Å². The molecule has 3 fully saturated rings. The van der Waals surface area contributed by atoms with Gasteiger partial charge in [0.25, 0.3) is 0 Å². The molecule has 1 N–H and O–H groups in total. The highest BCUT2D eigenvalue weighted by Crippen LogP contribution is 2.45. The van der Waals surface area contributed by atoms with Gasteiger partial charge >= 0.3 is 0 Å². The highest BCUT2D eigenvalue weighted by molar-refractivity contribution is 5.93. The summed E-state index contributed by atoms with van der Waals surface area (Å²) in [7, 11) is 2.03. The number of carbonyl (C=O) groups excluding carboxylic acids is 1. The summed E-state index contributed by atoms with van der Waals surface area (Å²) in [6.07, 6.45) is 8.56. The lowest BCUT2D eigenvalue weighted by Crippen LogP contribution is -2.59. The second kappa shape index (κ2) is 9.73. The van der Waals surface area contributed by atoms with Crippen LogP contribution >= 0.6 is 0 Å². The van der Waals surface area contributed by atoms with E-state index in [4.69, 9.17) is 19.0 Å². The molecule has 0 aromatic rings. The molecule has 0 radical (unpaired) electrons. The maximum atomic E-state index is 13.1. The van der Waals surface area contributed by atoms with Crippen LogP contribution in [0.2, 0.25) is 0 Å². The number of amides is 1. The Hall–Kier alpha value is -1.22. The molecule has 0 aromatic heterocycles. The van der Waals surface area contributed by atoms with E-state index in [0.29, 0.717) is 19.1 Å². The Kier molecular flexibility index (Phi) is 7.20. The Morgan fingerprint density at radius 1 is 1.19 bits per heavy atom. The highest BCUT2D eigenvalue weighted by Gasteiger charge is 2.47. The Morgan fingerprint density at radius 2 is 1.97 bits per heavy atom. The minimum Gasteiger partial charge on any atom is -0.381 e. The summed E-state index contributed by atoms with van der Waals surface area (Å²) in [5.41, 5.74) is 0.328. The first-order chi connectivity index (χ1) is 14.9. The normalized spacial score (nSPS) is 29.2. The van der Waals surface area contributed by atoms with Crippen molar-refractivity contribution < 1.29 is 23.8 Å². The van der Waals surface area contributed by atoms with Gasteiger partial charge in [0, 0.05) is 37.7 Å². The molecule has 3 aliphatic heterocycles. The number of rotatable bonds is 8. The lowest BCUT2D eigenvalue weighted by atomic mass is 9.65. The predicted octanol–water partition coefficient (Wildman–Crippen LogP) is 2.81. The molecule has 1 saturated carbocycles. The van der Waals surface area contributed by atoms with Crippen molar-refractivity contribution in [3.8, 4) is 0 Å². The monoisotopic (exact) mass is 437 g/mol. The van der Waals surface area contributed by atoms with Gasteiger partial charge in [-0.3, -0.25) is 9.69 Å². The summed E-state index contributed by atoms with van der Waals surface area (Å²) < 4.78 is 17.3. The first-order valence-corrected chi connectivity index (χ1v) is 12.0. The Balaban J connectivity index is 1.28. The number of hydrogen-bond donors (Lipinski definition) is 1. The van der Waals surface area contributed by atoms with Gasteiger partial charge in [-0.25, -0.2) is 0 Å². The van der Waals surface area contributed by atoms with E-state index in [2.05, 4.69) is 15.4 Å². The summed E-state index contributed by atoms with van der Waals surface area (Å²) in [6.45, 7) is 6.86. The van der Waals surface area contributed by atoms with E-state index in [1.165, 1.54) is 6.42 Å². The van der Waals surface area contributed by atoms with E-state index < -0.39 is 11.8 Å². The van der Waals surface area contributed by atoms with Crippen molar-refractivity contribution in [2.24, 2.45) is 10.6 Å². The molecule has 1 amide bonds. The molecule has 0 aromatic carbocycles. The molecular weight excluding hydrogens is 398 g/mol. The summed E-state index contributed by atoms with van der Waals surface area (Å²) in [6, 6.07) is 0.350. The molecule has 2 saturated heterocycles. The standard InChI is InChI=1S/C23H39N3O5/c1-22(2,26(3)17-8-13-28-14-9-17)21(27)24-19-15-18(25-31-19)23(10-6-11-23)16-30-20-7-4-5-12-29-20/h17,19-20H,4-16H2,1-3H3,(H,24,27). The van der Waals surface area contributed by atoms with Crippen molar-refractivity contribution in [2.75, 3.05) is 33.5 Å². The van der Waals surface area contributed by atoms with Crippen molar-refractivity contribution in [3.05, 3.63) is 0 Å². The van der Waals surface area contributed by atoms with Crippen LogP contribution in [0.3, 0.4) is 0 Å². The Morgan fingerprint density at radius 3 is 2.61 bits per heavy atom. The molecule has 0 spiro atoms. The van der Waals surface area contributed by atoms with Gasteiger partial charge in [-0.15, -0.1) is 0 Å². The molecule has 176 valence electrons. The summed E-state index contributed by atoms with van der Waals surface area (Å²) in [4.78, 5) is 21.0. The van der Waals surface area contributed by atoms with E-state index >= 15 is 0 Å². The Labute approximate surface area is 186 Å². The van der Waals surface area contributed by atoms with Crippen LogP contribution in [0, 0.1) is 5.41 Å². The molecule has 31 heavy (non-hydrogen) atoms. The summed E-state index contributed by atoms with van der Waals surface area (Å²) in [5.74, 6) is -0.0301. The van der Waals surface area contributed by atoms with Gasteiger partial charge in [-0.2, -0.15) is 0 Å². The lowest BCUT2D eigenvalue weighted by Gasteiger charge is -2.42. The van der Waals surface area contributed by atoms with Gasteiger partial charge in [0.05, 0.1) is 17.9 Å². The third-order valence-electron chi connectivity index (χ3n) is 7.74. The average Bonchev–Trinajstić information content (AvgIpc) is 3.22. The second-order valence-corrected chi connectivity index (χ2v) is 10.1. The number of carbonyl (C=O) groups is 1. The largest absolute Gasteiger partial charge is 0.381 e. The SMILES string of the molecule is CN(C1CCOCC1)C(C)(C)C(=O)NC1CC(C2(COC3CCCCO3)CCC2)=NO1. The van der Waals surface area contributed by atoms with Crippen LogP contribution in [0.5, 0.6) is 0 Å². The van der Waals surface area contributed by atoms with Gasteiger partial charge in [0.15, 0.2) is 6.29 Å². The molecule has 0 bridgehead atoms. The number of nitrogens with zero attached hydrogens (tertiary/aromatic N) is 2. The molecule has 8 heteroatoms. The molecule has 3 heterocycles. The molecule has 2 atom stereocenters. The third-order valence-corrected chi connectivity index (χ3v) is 7.74. The maximum absolute atomic E-state index is 13.1. The van der Waals surface area contributed by atoms with Crippen LogP contribution < -0.4 is 5.32 Å². The fourth-order valence-electron chi connectivity index (χ4n) is 4.99. The molecule has 4 rings (SSSR count). The van der Waals surface area contributed by atoms with Crippen molar-refractivity contribution >= 4 is 11.6 Å². The molecule has 1 aliphatic carbocycles. The van der Waals surface area contributed by atoms with Crippen molar-refractivity contribution in [1.29, 1.82) is 0 Å². The van der Waals surface area contributed by atoms with Gasteiger partial charge in [0.2, 0.25) is 12.1 Å². The lowest BCUT2D eigenvalue weighted by molar-refractivity contribution is -0.178. The van der Waals surface area contributed by atoms with Crippen LogP contribution in [0.4, 0.5) is 0 Å². The number of ether oxygens (including phenoxy) is 3. The van der Waals surface area contributed by atoms with E-state index in [0.717, 1.165) is 70.5 Å². The average molecular weight is 438 g/mol. The van der Waals surface area contributed by atoms with Crippen LogP contribution in [0.25, 0.3) is 0 Å². The maximum Gasteiger partial charge on any atom is 0.242 e. The zero-order valence-electron chi connectivity index (χ0n) is 19.4. The molecule has 8 nitrogen and oxygen atoms in total. The molecule has 4 aliphatic rings. The fourth-order valence-corrected chi connectivity index (χ4v) is 4.99. The second-order valence-electron chi connectivity index (χ2n) is 10.1. The Bertz CT molecular complexity index is 652. The number of hydrogen-bond acceptors (Lipinski definition) is 7. The van der Waals surface area contributed by atoms with Crippen molar-refractivity contribution in [3.63, 3.8) is 0 Å². The van der Waals surface area contributed by atoms with E-state index in [1.54, 1.807) is 0 Å². The minimum absolute atomic E-state index is 0.0301. The van der Waals surface area contributed by atoms with Crippen LogP contribution in [-0.4, -0.2) is 74.1 Å². The van der Waals surface area contributed by atoms with Gasteiger partial charge < -0.3 is 24.4 Å². The zero-order valence-corrected chi connectivity index (χ0v) is 19.4. The first-order valence-electron chi connectivity index (χ1n) is 12.0. The highest BCUT2D eigenvalue weighted by atomic mass is 16.7. The quantitative estimate of drug-likeness (QED) is 0.629. The molecule has 2 unspecified atom stereocenters. The number of nitrogens with one attached hydrogen (secondary N) is 1. The van der Waals surface area contributed by atoms with E-state index in [1.807, 2.05) is 20.9 Å². The van der Waals surface area contributed by atoms with Crippen LogP contribution in [0.15, 0.2) is 5.16 Å². The van der Waals surface area contributed by atoms with Gasteiger partial charge in [0.1, 0.15) is 0 Å². The smallest absolute Gasteiger partial charge is 0.242 e. The fraction of sp³-hybridized carbons (Fsp3) is 0.913. The van der Waals surface area contributed by atoms with Crippen LogP contribution in [-0.2, 0) is 23.8 Å². The molecular formula is C23H39N3O5. The van der Waals surface area contributed by atoms with E-state index in [-0.39, 0.29) is 17.6 Å². The number of likely N-dealkylation sites (N-methyl/N-ethyl adjacent to an activating group) is 1.